The number of nitrogens with one attached hydrogen (secondary N) is 1. The highest BCUT2D eigenvalue weighted by atomic mass is 35.5. The average molecular weight is 299 g/mol. The lowest BCUT2D eigenvalue weighted by molar-refractivity contribution is 0.0562. The Hall–Kier alpha value is -1.07. The molecule has 1 aromatic rings. The Morgan fingerprint density at radius 1 is 1.15 bits per heavy atom. The van der Waals surface area contributed by atoms with Crippen molar-refractivity contribution in [2.75, 3.05) is 13.2 Å². The fraction of sp³-hybridized carbons (Fsp3) is 0.714. The number of rotatable bonds is 2. The largest absolute Gasteiger partial charge is 0.379 e. The normalized spacial score (nSPS) is 24.1. The molecule has 0 aromatic carbocycles. The van der Waals surface area contributed by atoms with Gasteiger partial charge in [-0.1, -0.05) is 24.4 Å². The van der Waals surface area contributed by atoms with E-state index in [-0.39, 0.29) is 22.7 Å². The molecular formula is C14H19ClN2O3. The van der Waals surface area contributed by atoms with Gasteiger partial charge in [0.15, 0.2) is 0 Å². The number of hydrogen-bond donors (Lipinski definition) is 1. The Morgan fingerprint density at radius 2 is 1.90 bits per heavy atom. The second kappa shape index (κ2) is 5.74. The maximum atomic E-state index is 12.7. The van der Waals surface area contributed by atoms with E-state index in [1.165, 1.54) is 4.57 Å². The standard InChI is InChI=1S/C14H19ClN2O3/c15-12-11(9-4-1-2-5-9)13(18)17(14(19)16-12)10-6-3-7-20-8-10/h9-10H,1-8H2,(H,16,19). The molecule has 3 rings (SSSR count). The second-order valence-corrected chi connectivity index (χ2v) is 6.06. The van der Waals surface area contributed by atoms with Crippen molar-refractivity contribution in [3.63, 3.8) is 0 Å². The van der Waals surface area contributed by atoms with Gasteiger partial charge in [0, 0.05) is 6.61 Å². The number of hydrogen-bond acceptors (Lipinski definition) is 3. The minimum atomic E-state index is -0.419. The van der Waals surface area contributed by atoms with Crippen LogP contribution in [-0.2, 0) is 4.74 Å². The summed E-state index contributed by atoms with van der Waals surface area (Å²) in [5.41, 5.74) is -0.0484. The summed E-state index contributed by atoms with van der Waals surface area (Å²) in [5.74, 6) is 0.183. The number of aromatic amines is 1. The molecule has 0 spiro atoms. The van der Waals surface area contributed by atoms with Gasteiger partial charge in [-0.3, -0.25) is 14.3 Å². The molecule has 2 heterocycles. The molecule has 1 N–H and O–H groups in total. The molecule has 2 fully saturated rings. The van der Waals surface area contributed by atoms with Gasteiger partial charge in [-0.25, -0.2) is 4.79 Å². The van der Waals surface area contributed by atoms with E-state index < -0.39 is 5.69 Å². The first-order valence-electron chi connectivity index (χ1n) is 7.30. The van der Waals surface area contributed by atoms with Crippen LogP contribution >= 0.6 is 11.6 Å². The molecule has 110 valence electrons. The van der Waals surface area contributed by atoms with Crippen molar-refractivity contribution >= 4 is 11.6 Å². The summed E-state index contributed by atoms with van der Waals surface area (Å²) in [6.45, 7) is 1.13. The third kappa shape index (κ3) is 2.44. The molecule has 1 aliphatic heterocycles. The van der Waals surface area contributed by atoms with Crippen LogP contribution in [0.4, 0.5) is 0 Å². The molecule has 1 aliphatic carbocycles. The van der Waals surface area contributed by atoms with Crippen LogP contribution in [0.3, 0.4) is 0 Å². The van der Waals surface area contributed by atoms with Crippen LogP contribution in [0, 0.1) is 0 Å². The Kier molecular flexibility index (Phi) is 3.98. The van der Waals surface area contributed by atoms with Crippen LogP contribution in [0.5, 0.6) is 0 Å². The molecule has 2 aliphatic rings. The Balaban J connectivity index is 2.07. The second-order valence-electron chi connectivity index (χ2n) is 5.69. The van der Waals surface area contributed by atoms with Gasteiger partial charge in [0.2, 0.25) is 0 Å². The minimum absolute atomic E-state index is 0.169. The summed E-state index contributed by atoms with van der Waals surface area (Å²) in [4.78, 5) is 27.4. The van der Waals surface area contributed by atoms with Gasteiger partial charge in [0.1, 0.15) is 5.15 Å². The third-order valence-corrected chi connectivity index (χ3v) is 4.68. The summed E-state index contributed by atoms with van der Waals surface area (Å²) in [7, 11) is 0. The lowest BCUT2D eigenvalue weighted by atomic mass is 10.00. The van der Waals surface area contributed by atoms with E-state index in [0.29, 0.717) is 18.8 Å². The number of aromatic nitrogens is 2. The van der Waals surface area contributed by atoms with Gasteiger partial charge in [-0.05, 0) is 31.6 Å². The Morgan fingerprint density at radius 3 is 2.55 bits per heavy atom. The fourth-order valence-electron chi connectivity index (χ4n) is 3.36. The smallest absolute Gasteiger partial charge is 0.329 e. The first-order chi connectivity index (χ1) is 9.68. The van der Waals surface area contributed by atoms with Gasteiger partial charge < -0.3 is 4.74 Å². The van der Waals surface area contributed by atoms with Crippen LogP contribution < -0.4 is 11.2 Å². The van der Waals surface area contributed by atoms with Crippen molar-refractivity contribution in [2.45, 2.75) is 50.5 Å². The molecule has 0 bridgehead atoms. The summed E-state index contributed by atoms with van der Waals surface area (Å²) in [5, 5.41) is 0.222. The predicted octanol–water partition coefficient (Wildman–Crippen LogP) is 2.20. The summed E-state index contributed by atoms with van der Waals surface area (Å²) >= 11 is 6.13. The maximum absolute atomic E-state index is 12.7. The zero-order valence-corrected chi connectivity index (χ0v) is 12.1. The first-order valence-corrected chi connectivity index (χ1v) is 7.68. The molecule has 0 amide bonds. The molecule has 1 aromatic heterocycles. The van der Waals surface area contributed by atoms with Crippen molar-refractivity contribution < 1.29 is 4.74 Å². The summed E-state index contributed by atoms with van der Waals surface area (Å²) in [6, 6.07) is -0.169. The SMILES string of the molecule is O=c1[nH]c(Cl)c(C2CCCC2)c(=O)n1C1CCCOC1. The van der Waals surface area contributed by atoms with Crippen LogP contribution in [0.15, 0.2) is 9.59 Å². The Bertz CT molecular complexity index is 595. The molecule has 6 heteroatoms. The zero-order chi connectivity index (χ0) is 14.1. The van der Waals surface area contributed by atoms with E-state index in [4.69, 9.17) is 16.3 Å². The summed E-state index contributed by atoms with van der Waals surface area (Å²) in [6.07, 6.45) is 5.86. The van der Waals surface area contributed by atoms with Gasteiger partial charge >= 0.3 is 5.69 Å². The van der Waals surface area contributed by atoms with E-state index in [9.17, 15) is 9.59 Å². The molecule has 0 radical (unpaired) electrons. The number of halogens is 1. The van der Waals surface area contributed by atoms with E-state index in [1.54, 1.807) is 0 Å². The van der Waals surface area contributed by atoms with E-state index >= 15 is 0 Å². The van der Waals surface area contributed by atoms with Crippen molar-refractivity contribution in [2.24, 2.45) is 0 Å². The molecule has 5 nitrogen and oxygen atoms in total. The lowest BCUT2D eigenvalue weighted by Gasteiger charge is -2.24. The minimum Gasteiger partial charge on any atom is -0.379 e. The molecule has 20 heavy (non-hydrogen) atoms. The molecule has 1 saturated heterocycles. The highest BCUT2D eigenvalue weighted by Crippen LogP contribution is 2.34. The number of ether oxygens (including phenoxy) is 1. The highest BCUT2D eigenvalue weighted by molar-refractivity contribution is 6.30. The molecule has 1 atom stereocenters. The van der Waals surface area contributed by atoms with Crippen LogP contribution in [0.2, 0.25) is 5.15 Å². The highest BCUT2D eigenvalue weighted by Gasteiger charge is 2.27. The number of nitrogens with zero attached hydrogens (tertiary/aromatic N) is 1. The monoisotopic (exact) mass is 298 g/mol. The van der Waals surface area contributed by atoms with Crippen molar-refractivity contribution in [1.29, 1.82) is 0 Å². The van der Waals surface area contributed by atoms with Crippen LogP contribution in [0.25, 0.3) is 0 Å². The van der Waals surface area contributed by atoms with Crippen molar-refractivity contribution in [1.82, 2.24) is 9.55 Å². The van der Waals surface area contributed by atoms with E-state index in [0.717, 1.165) is 38.5 Å². The molecule has 1 saturated carbocycles. The van der Waals surface area contributed by atoms with Crippen LogP contribution in [-0.4, -0.2) is 22.8 Å². The average Bonchev–Trinajstić information content (AvgIpc) is 2.93. The van der Waals surface area contributed by atoms with Crippen molar-refractivity contribution in [3.05, 3.63) is 31.6 Å². The van der Waals surface area contributed by atoms with Gasteiger partial charge in [-0.15, -0.1) is 0 Å². The van der Waals surface area contributed by atoms with Gasteiger partial charge in [0.05, 0.1) is 18.2 Å². The molecular weight excluding hydrogens is 280 g/mol. The van der Waals surface area contributed by atoms with Crippen molar-refractivity contribution in [3.8, 4) is 0 Å². The van der Waals surface area contributed by atoms with E-state index in [1.807, 2.05) is 0 Å². The molecule has 1 unspecified atom stereocenters. The fourth-order valence-corrected chi connectivity index (χ4v) is 3.68. The predicted molar refractivity (Wildman–Crippen MR) is 76.6 cm³/mol. The number of H-pyrrole nitrogens is 1. The van der Waals surface area contributed by atoms with Gasteiger partial charge in [0.25, 0.3) is 5.56 Å². The maximum Gasteiger partial charge on any atom is 0.329 e. The quantitative estimate of drug-likeness (QED) is 0.851. The lowest BCUT2D eigenvalue weighted by Crippen LogP contribution is -2.43. The van der Waals surface area contributed by atoms with E-state index in [2.05, 4.69) is 4.98 Å². The topological polar surface area (TPSA) is 64.1 Å². The van der Waals surface area contributed by atoms with Gasteiger partial charge in [-0.2, -0.15) is 0 Å². The van der Waals surface area contributed by atoms with Crippen LogP contribution in [0.1, 0.15) is 56.0 Å². The zero-order valence-electron chi connectivity index (χ0n) is 11.4. The Labute approximate surface area is 121 Å². The third-order valence-electron chi connectivity index (χ3n) is 4.39. The summed E-state index contributed by atoms with van der Waals surface area (Å²) < 4.78 is 6.71. The first kappa shape index (κ1) is 13.9.